The lowest BCUT2D eigenvalue weighted by molar-refractivity contribution is 0.343. The van der Waals surface area contributed by atoms with Crippen LogP contribution in [0.25, 0.3) is 11.1 Å². The lowest BCUT2D eigenvalue weighted by atomic mass is 9.94. The Morgan fingerprint density at radius 2 is 0.829 bits per heavy atom. The smallest absolute Gasteiger partial charge is 0.0615 e. The average molecular weight is 457 g/mol. The van der Waals surface area contributed by atoms with Crippen molar-refractivity contribution in [2.24, 2.45) is 0 Å². The van der Waals surface area contributed by atoms with Crippen LogP contribution in [0.3, 0.4) is 0 Å². The van der Waals surface area contributed by atoms with Gasteiger partial charge in [0.05, 0.1) is 6.61 Å². The first-order valence-corrected chi connectivity index (χ1v) is 11.9. The molecule has 0 aliphatic rings. The predicted molar refractivity (Wildman–Crippen MR) is 151 cm³/mol. The Morgan fingerprint density at radius 1 is 0.514 bits per heavy atom. The maximum atomic E-state index is 8.17. The minimum absolute atomic E-state index is 0.129. The van der Waals surface area contributed by atoms with Crippen molar-refractivity contribution in [3.05, 3.63) is 180 Å². The van der Waals surface area contributed by atoms with Crippen LogP contribution in [0, 0.1) is 0 Å². The lowest BCUT2D eigenvalue weighted by Gasteiger charge is -2.10. The van der Waals surface area contributed by atoms with Gasteiger partial charge in [-0.25, -0.2) is 0 Å². The number of benzene rings is 4. The van der Waals surface area contributed by atoms with Gasteiger partial charge in [-0.05, 0) is 40.3 Å². The first-order valence-electron chi connectivity index (χ1n) is 11.9. The first-order chi connectivity index (χ1) is 17.3. The van der Waals surface area contributed by atoms with E-state index in [0.717, 1.165) is 0 Å². The third-order valence-electron chi connectivity index (χ3n) is 5.30. The van der Waals surface area contributed by atoms with Crippen LogP contribution in [-0.4, -0.2) is 11.7 Å². The summed E-state index contributed by atoms with van der Waals surface area (Å²) < 4.78 is 0. The second-order valence-electron chi connectivity index (χ2n) is 7.76. The summed E-state index contributed by atoms with van der Waals surface area (Å²) in [6.45, 7) is 2.06. The van der Waals surface area contributed by atoms with Crippen molar-refractivity contribution in [1.29, 1.82) is 0 Å². The van der Waals surface area contributed by atoms with Gasteiger partial charge in [-0.1, -0.05) is 158 Å². The van der Waals surface area contributed by atoms with E-state index >= 15 is 0 Å². The van der Waals surface area contributed by atoms with Gasteiger partial charge >= 0.3 is 0 Å². The Morgan fingerprint density at radius 3 is 1.09 bits per heavy atom. The Labute approximate surface area is 209 Å². The maximum Gasteiger partial charge on any atom is 0.0615 e. The van der Waals surface area contributed by atoms with Crippen LogP contribution >= 0.6 is 0 Å². The highest BCUT2D eigenvalue weighted by Crippen LogP contribution is 2.27. The highest BCUT2D eigenvalue weighted by molar-refractivity contribution is 5.86. The SMILES string of the molecule is C(C=C(c1ccccc1)c1ccccc1)=C(c1ccccc1)c1ccccc1.CC=CC=CCO. The molecule has 0 heterocycles. The van der Waals surface area contributed by atoms with Crippen LogP contribution in [0.4, 0.5) is 0 Å². The summed E-state index contributed by atoms with van der Waals surface area (Å²) in [5.74, 6) is 0. The molecule has 35 heavy (non-hydrogen) atoms. The minimum Gasteiger partial charge on any atom is -0.392 e. The summed E-state index contributed by atoms with van der Waals surface area (Å²) in [6.07, 6.45) is 11.7. The van der Waals surface area contributed by atoms with E-state index in [0.29, 0.717) is 0 Å². The number of aliphatic hydroxyl groups excluding tert-OH is 1. The van der Waals surface area contributed by atoms with Crippen molar-refractivity contribution in [2.45, 2.75) is 6.92 Å². The van der Waals surface area contributed by atoms with E-state index in [9.17, 15) is 0 Å². The molecule has 0 bridgehead atoms. The lowest BCUT2D eigenvalue weighted by Crippen LogP contribution is -1.89. The Bertz CT molecular complexity index is 1060. The fourth-order valence-electron chi connectivity index (χ4n) is 3.61. The molecule has 4 aromatic rings. The molecule has 0 saturated heterocycles. The molecule has 174 valence electrons. The van der Waals surface area contributed by atoms with Gasteiger partial charge < -0.3 is 5.11 Å². The van der Waals surface area contributed by atoms with Crippen molar-refractivity contribution in [3.63, 3.8) is 0 Å². The molecule has 0 spiro atoms. The molecule has 0 fully saturated rings. The number of hydrogen-bond donors (Lipinski definition) is 1. The molecule has 1 nitrogen and oxygen atoms in total. The van der Waals surface area contributed by atoms with Gasteiger partial charge in [0.1, 0.15) is 0 Å². The molecule has 1 heteroatoms. The van der Waals surface area contributed by atoms with Crippen LogP contribution in [0.5, 0.6) is 0 Å². The zero-order valence-electron chi connectivity index (χ0n) is 20.2. The van der Waals surface area contributed by atoms with Gasteiger partial charge in [-0.2, -0.15) is 0 Å². The van der Waals surface area contributed by atoms with Crippen molar-refractivity contribution < 1.29 is 5.11 Å². The minimum atomic E-state index is 0.129. The van der Waals surface area contributed by atoms with E-state index < -0.39 is 0 Å². The topological polar surface area (TPSA) is 20.2 Å². The average Bonchev–Trinajstić information content (AvgIpc) is 2.94. The van der Waals surface area contributed by atoms with Crippen LogP contribution < -0.4 is 0 Å². The highest BCUT2D eigenvalue weighted by Gasteiger charge is 2.06. The molecule has 0 unspecified atom stereocenters. The molecule has 0 radical (unpaired) electrons. The Kier molecular flexibility index (Phi) is 10.8. The largest absolute Gasteiger partial charge is 0.392 e. The van der Waals surface area contributed by atoms with Crippen molar-refractivity contribution >= 4 is 11.1 Å². The maximum absolute atomic E-state index is 8.17. The van der Waals surface area contributed by atoms with E-state index in [2.05, 4.69) is 133 Å². The van der Waals surface area contributed by atoms with E-state index in [1.54, 1.807) is 12.2 Å². The molecule has 4 aromatic carbocycles. The van der Waals surface area contributed by atoms with Gasteiger partial charge in [0.2, 0.25) is 0 Å². The Balaban J connectivity index is 0.000000429. The monoisotopic (exact) mass is 456 g/mol. The zero-order valence-corrected chi connectivity index (χ0v) is 20.2. The van der Waals surface area contributed by atoms with Crippen LogP contribution in [-0.2, 0) is 0 Å². The standard InChI is InChI=1S/C28H22.C6H10O/c1-5-13-23(14-6-1)27(24-15-7-2-8-16-24)21-22-28(25-17-9-3-10-18-25)26-19-11-4-12-20-26;1-2-3-4-5-6-7/h1-22H;2-5,7H,6H2,1H3. The molecule has 0 aliphatic carbocycles. The van der Waals surface area contributed by atoms with E-state index in [1.165, 1.54) is 33.4 Å². The van der Waals surface area contributed by atoms with Crippen LogP contribution in [0.2, 0.25) is 0 Å². The third kappa shape index (κ3) is 8.26. The summed E-state index contributed by atoms with van der Waals surface area (Å²) in [5.41, 5.74) is 7.28. The summed E-state index contributed by atoms with van der Waals surface area (Å²) in [7, 11) is 0. The number of hydrogen-bond acceptors (Lipinski definition) is 1. The van der Waals surface area contributed by atoms with E-state index in [-0.39, 0.29) is 6.61 Å². The quantitative estimate of drug-likeness (QED) is 0.277. The zero-order chi connectivity index (χ0) is 24.6. The molecule has 0 atom stereocenters. The molecular formula is C34H32O. The summed E-state index contributed by atoms with van der Waals surface area (Å²) in [4.78, 5) is 0. The summed E-state index contributed by atoms with van der Waals surface area (Å²) in [6, 6.07) is 42.2. The fraction of sp³-hybridized carbons (Fsp3) is 0.0588. The van der Waals surface area contributed by atoms with Crippen molar-refractivity contribution in [2.75, 3.05) is 6.61 Å². The number of allylic oxidation sites excluding steroid dienone is 5. The van der Waals surface area contributed by atoms with Gasteiger partial charge in [0.25, 0.3) is 0 Å². The molecule has 0 saturated carbocycles. The molecule has 1 N–H and O–H groups in total. The molecule has 0 amide bonds. The normalized spacial score (nSPS) is 10.5. The first kappa shape index (κ1) is 25.4. The van der Waals surface area contributed by atoms with Crippen molar-refractivity contribution in [3.8, 4) is 0 Å². The molecule has 0 aliphatic heterocycles. The van der Waals surface area contributed by atoms with Gasteiger partial charge in [-0.3, -0.25) is 0 Å². The molecule has 0 aromatic heterocycles. The van der Waals surface area contributed by atoms with Crippen LogP contribution in [0.1, 0.15) is 29.2 Å². The number of rotatable bonds is 7. The van der Waals surface area contributed by atoms with Gasteiger partial charge in [-0.15, -0.1) is 0 Å². The molecule has 4 rings (SSSR count). The van der Waals surface area contributed by atoms with Gasteiger partial charge in [0.15, 0.2) is 0 Å². The highest BCUT2D eigenvalue weighted by atomic mass is 16.2. The van der Waals surface area contributed by atoms with E-state index in [1.807, 2.05) is 19.1 Å². The third-order valence-corrected chi connectivity index (χ3v) is 5.30. The predicted octanol–water partition coefficient (Wildman–Crippen LogP) is 8.36. The van der Waals surface area contributed by atoms with Crippen molar-refractivity contribution in [1.82, 2.24) is 0 Å². The van der Waals surface area contributed by atoms with E-state index in [4.69, 9.17) is 5.11 Å². The molecular weight excluding hydrogens is 424 g/mol. The fourth-order valence-corrected chi connectivity index (χ4v) is 3.61. The second kappa shape index (κ2) is 14.8. The van der Waals surface area contributed by atoms with Gasteiger partial charge in [0, 0.05) is 0 Å². The summed E-state index contributed by atoms with van der Waals surface area (Å²) >= 11 is 0. The second-order valence-corrected chi connectivity index (χ2v) is 7.76. The van der Waals surface area contributed by atoms with Crippen LogP contribution in [0.15, 0.2) is 158 Å². The summed E-state index contributed by atoms with van der Waals surface area (Å²) in [5, 5.41) is 8.17. The Hall–Kier alpha value is -4.20. The number of aliphatic hydroxyl groups is 1.